The van der Waals surface area contributed by atoms with Crippen LogP contribution < -0.4 is 0 Å². The molecule has 0 saturated heterocycles. The van der Waals surface area contributed by atoms with Crippen LogP contribution in [0.1, 0.15) is 5.56 Å². The summed E-state index contributed by atoms with van der Waals surface area (Å²) < 4.78 is 23.8. The predicted octanol–water partition coefficient (Wildman–Crippen LogP) is 2.82. The zero-order valence-corrected chi connectivity index (χ0v) is 11.5. The fourth-order valence-corrected chi connectivity index (χ4v) is 1.25. The van der Waals surface area contributed by atoms with E-state index in [2.05, 4.69) is 61.3 Å². The Kier molecular flexibility index (Phi) is 36.8. The number of halogens is 1. The van der Waals surface area contributed by atoms with Gasteiger partial charge >= 0.3 is 33.9 Å². The second kappa shape index (κ2) is 23.9. The van der Waals surface area contributed by atoms with Gasteiger partial charge in [-0.1, -0.05) is 30.9 Å². The summed E-state index contributed by atoms with van der Waals surface area (Å²) >= 11 is 2.29. The van der Waals surface area contributed by atoms with E-state index < -0.39 is 0 Å². The molecule has 1 aromatic carbocycles. The van der Waals surface area contributed by atoms with Crippen LogP contribution in [0.5, 0.6) is 0 Å². The molecule has 0 aromatic heterocycles. The van der Waals surface area contributed by atoms with E-state index >= 15 is 0 Å². The molecule has 1 aromatic rings. The molecule has 0 unspecified atom stereocenters. The minimum absolute atomic E-state index is 0. The molecule has 5 heteroatoms. The van der Waals surface area contributed by atoms with Crippen molar-refractivity contribution in [2.24, 2.45) is 0 Å². The van der Waals surface area contributed by atoms with Gasteiger partial charge < -0.3 is 0 Å². The van der Waals surface area contributed by atoms with Crippen molar-refractivity contribution in [1.82, 2.24) is 0 Å². The van der Waals surface area contributed by atoms with Crippen molar-refractivity contribution in [3.8, 4) is 0 Å². The fraction of sp³-hybridized carbons (Fsp3) is 0. The molecular weight excluding hydrogens is 359 g/mol. The molecule has 16 heavy (non-hydrogen) atoms. The monoisotopic (exact) mass is 366 g/mol. The first-order valence-electron chi connectivity index (χ1n) is 3.33. The van der Waals surface area contributed by atoms with Gasteiger partial charge in [-0.2, -0.15) is 0 Å². The summed E-state index contributed by atoms with van der Waals surface area (Å²) in [5, 5.41) is 0. The van der Waals surface area contributed by atoms with E-state index in [1.165, 1.54) is 9.13 Å². The third kappa shape index (κ3) is 13.4. The zero-order valence-electron chi connectivity index (χ0n) is 8.10. The van der Waals surface area contributed by atoms with Gasteiger partial charge in [0.2, 0.25) is 0 Å². The van der Waals surface area contributed by atoms with E-state index in [0.717, 1.165) is 0 Å². The van der Waals surface area contributed by atoms with Crippen LogP contribution in [-0.4, -0.2) is 0 Å². The van der Waals surface area contributed by atoms with Gasteiger partial charge in [0.25, 0.3) is 0 Å². The molecule has 0 aliphatic rings. The average molecular weight is 366 g/mol. The molecule has 0 amide bonds. The van der Waals surface area contributed by atoms with Gasteiger partial charge in [-0.05, 0) is 34.2 Å². The second-order valence-electron chi connectivity index (χ2n) is 1.73. The van der Waals surface area contributed by atoms with Crippen molar-refractivity contribution >= 4 is 28.7 Å². The Morgan fingerprint density at radius 2 is 1.38 bits per heavy atom. The molecule has 0 atom stereocenters. The maximum Gasteiger partial charge on any atom is 0 e. The molecule has 0 fully saturated rings. The van der Waals surface area contributed by atoms with Crippen LogP contribution in [0.3, 0.4) is 0 Å². The quantitative estimate of drug-likeness (QED) is 0.417. The van der Waals surface area contributed by atoms with Crippen LogP contribution in [0.25, 0.3) is 6.08 Å². The minimum Gasteiger partial charge on any atom is 0 e. The maximum atomic E-state index is 7.50. The number of hydrogen-bond acceptors (Lipinski definition) is 0. The summed E-state index contributed by atoms with van der Waals surface area (Å²) in [5.41, 5.74) is 1.21. The molecule has 0 bridgehead atoms. The normalized spacial score (nSPS) is 5.44. The van der Waals surface area contributed by atoms with Gasteiger partial charge in [0.1, 0.15) is 0 Å². The van der Waals surface area contributed by atoms with Gasteiger partial charge in [-0.15, -0.1) is 0 Å². The van der Waals surface area contributed by atoms with Gasteiger partial charge in [-0.3, -0.25) is 0 Å². The van der Waals surface area contributed by atoms with E-state index in [0.29, 0.717) is 0 Å². The molecule has 0 spiro atoms. The zero-order chi connectivity index (χ0) is 12.7. The third-order valence-electron chi connectivity index (χ3n) is 1.13. The molecular formula is C11H7CrIO3. The maximum absolute atomic E-state index is 7.50. The molecule has 0 N–H and O–H groups in total. The summed E-state index contributed by atoms with van der Waals surface area (Å²) in [5.74, 6) is 0. The first-order valence-corrected chi connectivity index (χ1v) is 4.40. The Bertz CT molecular complexity index is 317. The summed E-state index contributed by atoms with van der Waals surface area (Å²) in [6.45, 7) is 17.2. The Hall–Kier alpha value is -0.558. The topological polar surface area (TPSA) is 59.7 Å². The van der Waals surface area contributed by atoms with E-state index in [1.807, 2.05) is 18.2 Å². The second-order valence-corrected chi connectivity index (χ2v) is 2.89. The largest absolute Gasteiger partial charge is 0 e. The molecule has 82 valence electrons. The predicted molar refractivity (Wildman–Crippen MR) is 61.0 cm³/mol. The Morgan fingerprint density at radius 1 is 1.00 bits per heavy atom. The van der Waals surface area contributed by atoms with Crippen LogP contribution in [0.2, 0.25) is 0 Å². The number of benzene rings is 1. The summed E-state index contributed by atoms with van der Waals surface area (Å²) in [6, 6.07) is 8.15. The van der Waals surface area contributed by atoms with Crippen molar-refractivity contribution in [2.45, 2.75) is 0 Å². The fourth-order valence-electron chi connectivity index (χ4n) is 0.641. The van der Waals surface area contributed by atoms with Crippen molar-refractivity contribution < 1.29 is 31.3 Å². The summed E-state index contributed by atoms with van der Waals surface area (Å²) in [6.07, 6.45) is 1.86. The first kappa shape index (κ1) is 24.6. The first-order chi connectivity index (χ1) is 7.34. The molecule has 0 saturated carbocycles. The van der Waals surface area contributed by atoms with Gasteiger partial charge in [-0.25, -0.2) is 0 Å². The van der Waals surface area contributed by atoms with Crippen LogP contribution in [0.4, 0.5) is 0 Å². The molecule has 0 aliphatic heterocycles. The Labute approximate surface area is 119 Å². The Morgan fingerprint density at radius 3 is 1.62 bits per heavy atom. The van der Waals surface area contributed by atoms with Crippen LogP contribution in [0.15, 0.2) is 30.8 Å². The summed E-state index contributed by atoms with van der Waals surface area (Å²) in [7, 11) is 0. The molecule has 0 radical (unpaired) electrons. The minimum atomic E-state index is 0. The van der Waals surface area contributed by atoms with E-state index in [1.54, 1.807) is 0 Å². The molecule has 3 nitrogen and oxygen atoms in total. The van der Waals surface area contributed by atoms with Crippen LogP contribution >= 0.6 is 22.6 Å². The van der Waals surface area contributed by atoms with E-state index in [9.17, 15) is 0 Å². The van der Waals surface area contributed by atoms with Crippen molar-refractivity contribution in [1.29, 1.82) is 0 Å². The molecule has 0 aliphatic carbocycles. The SMILES string of the molecule is C=Cc1ccccc1I.[C-]#[O+].[C-]#[O+].[C-]#[O+].[Cr]. The van der Waals surface area contributed by atoms with Crippen molar-refractivity contribution in [3.05, 3.63) is 59.9 Å². The van der Waals surface area contributed by atoms with E-state index in [-0.39, 0.29) is 17.4 Å². The van der Waals surface area contributed by atoms with Crippen LogP contribution in [0, 0.1) is 23.5 Å². The number of hydrogen-bond donors (Lipinski definition) is 0. The third-order valence-corrected chi connectivity index (χ3v) is 2.11. The van der Waals surface area contributed by atoms with Gasteiger partial charge in [0.15, 0.2) is 0 Å². The number of rotatable bonds is 1. The smallest absolute Gasteiger partial charge is 0 e. The van der Waals surface area contributed by atoms with Crippen molar-refractivity contribution in [3.63, 3.8) is 0 Å². The van der Waals surface area contributed by atoms with Crippen molar-refractivity contribution in [2.75, 3.05) is 0 Å². The van der Waals surface area contributed by atoms with Crippen LogP contribution in [-0.2, 0) is 31.3 Å². The molecule has 1 rings (SSSR count). The molecule has 0 heterocycles. The van der Waals surface area contributed by atoms with Gasteiger partial charge in [0, 0.05) is 20.9 Å². The van der Waals surface area contributed by atoms with E-state index in [4.69, 9.17) is 14.0 Å². The van der Waals surface area contributed by atoms with Gasteiger partial charge in [0.05, 0.1) is 0 Å². The standard InChI is InChI=1S/C8H7I.3CO.Cr/c1-2-7-5-3-4-6-8(7)9;3*1-2;/h2-6H,1H2;;;;. The Balaban J connectivity index is -0.0000000900. The average Bonchev–Trinajstić information content (AvgIpc) is 2.37. The summed E-state index contributed by atoms with van der Waals surface area (Å²) in [4.78, 5) is 0.